The summed E-state index contributed by atoms with van der Waals surface area (Å²) < 4.78 is 0. The van der Waals surface area contributed by atoms with Gasteiger partial charge in [0.1, 0.15) is 6.29 Å². The molecule has 1 heterocycles. The molecule has 1 saturated carbocycles. The molecule has 0 aromatic carbocycles. The zero-order valence-corrected chi connectivity index (χ0v) is 9.17. The van der Waals surface area contributed by atoms with E-state index in [-0.39, 0.29) is 5.41 Å². The SMILES string of the molecule is CC1CCCN1CC1(C=O)CCCC1. The van der Waals surface area contributed by atoms with Gasteiger partial charge in [-0.25, -0.2) is 0 Å². The van der Waals surface area contributed by atoms with Crippen LogP contribution in [0.2, 0.25) is 0 Å². The molecular weight excluding hydrogens is 174 g/mol. The van der Waals surface area contributed by atoms with Gasteiger partial charge in [-0.05, 0) is 39.2 Å². The van der Waals surface area contributed by atoms with Crippen LogP contribution >= 0.6 is 0 Å². The topological polar surface area (TPSA) is 20.3 Å². The molecule has 1 aliphatic heterocycles. The summed E-state index contributed by atoms with van der Waals surface area (Å²) in [5.41, 5.74) is 0.0264. The molecule has 2 fully saturated rings. The maximum absolute atomic E-state index is 11.2. The first-order valence-electron chi connectivity index (χ1n) is 5.96. The zero-order chi connectivity index (χ0) is 10.0. The Labute approximate surface area is 86.7 Å². The van der Waals surface area contributed by atoms with E-state index in [9.17, 15) is 4.79 Å². The fourth-order valence-electron chi connectivity index (χ4n) is 3.02. The second-order valence-corrected chi connectivity index (χ2v) is 5.15. The third-order valence-corrected chi connectivity index (χ3v) is 4.06. The second kappa shape index (κ2) is 4.01. The van der Waals surface area contributed by atoms with Crippen molar-refractivity contribution in [3.05, 3.63) is 0 Å². The van der Waals surface area contributed by atoms with E-state index < -0.39 is 0 Å². The fourth-order valence-corrected chi connectivity index (χ4v) is 3.02. The molecule has 0 spiro atoms. The molecule has 2 rings (SSSR count). The van der Waals surface area contributed by atoms with Crippen molar-refractivity contribution in [2.24, 2.45) is 5.41 Å². The van der Waals surface area contributed by atoms with Crippen LogP contribution < -0.4 is 0 Å². The number of nitrogens with zero attached hydrogens (tertiary/aromatic N) is 1. The van der Waals surface area contributed by atoms with Gasteiger partial charge in [0, 0.05) is 18.0 Å². The fraction of sp³-hybridized carbons (Fsp3) is 0.917. The predicted octanol–water partition coefficient (Wildman–Crippen LogP) is 2.23. The Morgan fingerprint density at radius 1 is 1.36 bits per heavy atom. The lowest BCUT2D eigenvalue weighted by Gasteiger charge is -2.30. The van der Waals surface area contributed by atoms with Gasteiger partial charge in [0.2, 0.25) is 0 Å². The van der Waals surface area contributed by atoms with Gasteiger partial charge in [0.05, 0.1) is 0 Å². The van der Waals surface area contributed by atoms with E-state index in [2.05, 4.69) is 11.8 Å². The van der Waals surface area contributed by atoms with Crippen LogP contribution in [0.15, 0.2) is 0 Å². The number of carbonyl (C=O) groups is 1. The van der Waals surface area contributed by atoms with Crippen molar-refractivity contribution in [3.63, 3.8) is 0 Å². The van der Waals surface area contributed by atoms with Crippen LogP contribution in [-0.4, -0.2) is 30.3 Å². The van der Waals surface area contributed by atoms with Crippen LogP contribution in [-0.2, 0) is 4.79 Å². The highest BCUT2D eigenvalue weighted by Gasteiger charge is 2.37. The van der Waals surface area contributed by atoms with E-state index in [4.69, 9.17) is 0 Å². The zero-order valence-electron chi connectivity index (χ0n) is 9.17. The van der Waals surface area contributed by atoms with Crippen LogP contribution in [0.5, 0.6) is 0 Å². The smallest absolute Gasteiger partial charge is 0.127 e. The third kappa shape index (κ3) is 1.85. The van der Waals surface area contributed by atoms with Gasteiger partial charge in [-0.1, -0.05) is 12.8 Å². The highest BCUT2D eigenvalue weighted by Crippen LogP contribution is 2.38. The van der Waals surface area contributed by atoms with Crippen LogP contribution in [0.1, 0.15) is 45.4 Å². The van der Waals surface area contributed by atoms with Crippen molar-refractivity contribution in [3.8, 4) is 0 Å². The van der Waals surface area contributed by atoms with Crippen LogP contribution in [0.25, 0.3) is 0 Å². The molecule has 1 aliphatic carbocycles. The monoisotopic (exact) mass is 195 g/mol. The summed E-state index contributed by atoms with van der Waals surface area (Å²) >= 11 is 0. The summed E-state index contributed by atoms with van der Waals surface area (Å²) in [4.78, 5) is 13.7. The van der Waals surface area contributed by atoms with E-state index in [0.717, 1.165) is 19.4 Å². The summed E-state index contributed by atoms with van der Waals surface area (Å²) in [6.45, 7) is 4.52. The normalized spacial score (nSPS) is 32.2. The van der Waals surface area contributed by atoms with E-state index in [1.165, 1.54) is 38.5 Å². The van der Waals surface area contributed by atoms with Gasteiger partial charge >= 0.3 is 0 Å². The largest absolute Gasteiger partial charge is 0.303 e. The minimum absolute atomic E-state index is 0.0264. The van der Waals surface area contributed by atoms with E-state index in [0.29, 0.717) is 6.04 Å². The van der Waals surface area contributed by atoms with Crippen molar-refractivity contribution >= 4 is 6.29 Å². The third-order valence-electron chi connectivity index (χ3n) is 4.06. The Morgan fingerprint density at radius 2 is 2.07 bits per heavy atom. The number of hydrogen-bond donors (Lipinski definition) is 0. The number of carbonyl (C=O) groups excluding carboxylic acids is 1. The summed E-state index contributed by atoms with van der Waals surface area (Å²) in [6.07, 6.45) is 8.62. The highest BCUT2D eigenvalue weighted by molar-refractivity contribution is 5.60. The molecule has 0 amide bonds. The Bertz CT molecular complexity index is 208. The molecular formula is C12H21NO. The van der Waals surface area contributed by atoms with Crippen molar-refractivity contribution < 1.29 is 4.79 Å². The first kappa shape index (κ1) is 10.2. The molecule has 0 aromatic heterocycles. The molecule has 1 saturated heterocycles. The molecule has 80 valence electrons. The average Bonchev–Trinajstić information content (AvgIpc) is 2.79. The summed E-state index contributed by atoms with van der Waals surface area (Å²) in [7, 11) is 0. The Hall–Kier alpha value is -0.370. The Kier molecular flexibility index (Phi) is 2.91. The van der Waals surface area contributed by atoms with E-state index in [1.54, 1.807) is 0 Å². The predicted molar refractivity (Wildman–Crippen MR) is 57.2 cm³/mol. The number of aldehydes is 1. The maximum Gasteiger partial charge on any atom is 0.127 e. The Morgan fingerprint density at radius 3 is 2.57 bits per heavy atom. The molecule has 0 radical (unpaired) electrons. The molecule has 0 N–H and O–H groups in total. The molecule has 0 bridgehead atoms. The van der Waals surface area contributed by atoms with Gasteiger partial charge in [0.25, 0.3) is 0 Å². The van der Waals surface area contributed by atoms with Gasteiger partial charge in [-0.2, -0.15) is 0 Å². The summed E-state index contributed by atoms with van der Waals surface area (Å²) in [5.74, 6) is 0. The van der Waals surface area contributed by atoms with Crippen molar-refractivity contribution in [2.75, 3.05) is 13.1 Å². The van der Waals surface area contributed by atoms with Crippen LogP contribution in [0, 0.1) is 5.41 Å². The first-order chi connectivity index (χ1) is 6.76. The second-order valence-electron chi connectivity index (χ2n) is 5.15. The lowest BCUT2D eigenvalue weighted by atomic mass is 9.87. The molecule has 1 unspecified atom stereocenters. The van der Waals surface area contributed by atoms with Crippen molar-refractivity contribution in [2.45, 2.75) is 51.5 Å². The molecule has 14 heavy (non-hydrogen) atoms. The van der Waals surface area contributed by atoms with E-state index >= 15 is 0 Å². The maximum atomic E-state index is 11.2. The minimum atomic E-state index is 0.0264. The number of likely N-dealkylation sites (tertiary alicyclic amines) is 1. The van der Waals surface area contributed by atoms with Crippen molar-refractivity contribution in [1.82, 2.24) is 4.90 Å². The molecule has 2 heteroatoms. The lowest BCUT2D eigenvalue weighted by molar-refractivity contribution is -0.117. The molecule has 2 aliphatic rings. The number of hydrogen-bond acceptors (Lipinski definition) is 2. The van der Waals surface area contributed by atoms with Crippen molar-refractivity contribution in [1.29, 1.82) is 0 Å². The first-order valence-corrected chi connectivity index (χ1v) is 5.96. The van der Waals surface area contributed by atoms with Crippen LogP contribution in [0.3, 0.4) is 0 Å². The summed E-state index contributed by atoms with van der Waals surface area (Å²) in [6, 6.07) is 0.701. The number of rotatable bonds is 3. The minimum Gasteiger partial charge on any atom is -0.303 e. The average molecular weight is 195 g/mol. The summed E-state index contributed by atoms with van der Waals surface area (Å²) in [5, 5.41) is 0. The molecule has 0 aromatic rings. The van der Waals surface area contributed by atoms with Gasteiger partial charge in [0.15, 0.2) is 0 Å². The van der Waals surface area contributed by atoms with Gasteiger partial charge in [-0.15, -0.1) is 0 Å². The van der Waals surface area contributed by atoms with Gasteiger partial charge in [-0.3, -0.25) is 4.90 Å². The Balaban J connectivity index is 1.96. The van der Waals surface area contributed by atoms with Gasteiger partial charge < -0.3 is 4.79 Å². The quantitative estimate of drug-likeness (QED) is 0.644. The standard InChI is InChI=1S/C12H21NO/c1-11-5-4-8-13(11)9-12(10-14)6-2-3-7-12/h10-11H,2-9H2,1H3. The lowest BCUT2D eigenvalue weighted by Crippen LogP contribution is -2.39. The molecule has 2 nitrogen and oxygen atoms in total. The van der Waals surface area contributed by atoms with Crippen LogP contribution in [0.4, 0.5) is 0 Å². The highest BCUT2D eigenvalue weighted by atomic mass is 16.1. The van der Waals surface area contributed by atoms with E-state index in [1.807, 2.05) is 0 Å². The molecule has 1 atom stereocenters.